The van der Waals surface area contributed by atoms with Gasteiger partial charge in [-0.1, -0.05) is 48.5 Å². The monoisotopic (exact) mass is 382 g/mol. The molecule has 0 amide bonds. The Balaban J connectivity index is 1.92. The highest BCUT2D eigenvalue weighted by Gasteiger charge is 2.49. The normalized spacial score (nSPS) is 20.3. The maximum absolute atomic E-state index is 12.8. The molecule has 0 aromatic heterocycles. The SMILES string of the molecule is C=C(C(=O)OC)C1OC(c2ccccc2)=C2C(=O)Oc3ccc(Cl)cc3C21. The Morgan fingerprint density at radius 2 is 1.93 bits per heavy atom. The van der Waals surface area contributed by atoms with Gasteiger partial charge in [-0.25, -0.2) is 9.59 Å². The minimum absolute atomic E-state index is 0.117. The Hall–Kier alpha value is -3.05. The van der Waals surface area contributed by atoms with E-state index in [2.05, 4.69) is 6.58 Å². The Morgan fingerprint density at radius 3 is 2.63 bits per heavy atom. The number of fused-ring (bicyclic) bond motifs is 3. The number of hydrogen-bond acceptors (Lipinski definition) is 5. The standard InChI is InChI=1S/C21H15ClO5/c1-11(20(23)25-2)18-16-14-10-13(22)8-9-15(14)26-21(24)17(16)19(27-18)12-6-4-3-5-7-12/h3-10,16,18H,1H2,2H3. The summed E-state index contributed by atoms with van der Waals surface area (Å²) in [6.45, 7) is 3.84. The van der Waals surface area contributed by atoms with Gasteiger partial charge in [0.05, 0.1) is 24.2 Å². The van der Waals surface area contributed by atoms with Crippen molar-refractivity contribution in [3.05, 3.63) is 82.4 Å². The van der Waals surface area contributed by atoms with E-state index in [1.165, 1.54) is 7.11 Å². The fraction of sp³-hybridized carbons (Fsp3) is 0.143. The lowest BCUT2D eigenvalue weighted by atomic mass is 9.82. The summed E-state index contributed by atoms with van der Waals surface area (Å²) in [6.07, 6.45) is -0.798. The molecule has 4 rings (SSSR count). The first-order chi connectivity index (χ1) is 13.0. The molecule has 27 heavy (non-hydrogen) atoms. The molecule has 0 spiro atoms. The number of benzene rings is 2. The summed E-state index contributed by atoms with van der Waals surface area (Å²) in [7, 11) is 1.27. The van der Waals surface area contributed by atoms with E-state index in [-0.39, 0.29) is 5.57 Å². The number of hydrogen-bond donors (Lipinski definition) is 0. The Morgan fingerprint density at radius 1 is 1.19 bits per heavy atom. The van der Waals surface area contributed by atoms with Gasteiger partial charge < -0.3 is 14.2 Å². The lowest BCUT2D eigenvalue weighted by Gasteiger charge is -2.27. The smallest absolute Gasteiger partial charge is 0.344 e. The highest BCUT2D eigenvalue weighted by molar-refractivity contribution is 6.30. The van der Waals surface area contributed by atoms with E-state index in [4.69, 9.17) is 25.8 Å². The minimum atomic E-state index is -0.798. The first-order valence-corrected chi connectivity index (χ1v) is 8.64. The molecule has 6 heteroatoms. The highest BCUT2D eigenvalue weighted by Crippen LogP contribution is 2.51. The van der Waals surface area contributed by atoms with Crippen molar-refractivity contribution in [1.29, 1.82) is 0 Å². The molecule has 2 aliphatic heterocycles. The van der Waals surface area contributed by atoms with Gasteiger partial charge in [0.25, 0.3) is 0 Å². The van der Waals surface area contributed by atoms with E-state index in [0.717, 1.165) is 0 Å². The van der Waals surface area contributed by atoms with Crippen LogP contribution in [0.2, 0.25) is 5.02 Å². The van der Waals surface area contributed by atoms with Gasteiger partial charge in [0.1, 0.15) is 17.6 Å². The fourth-order valence-electron chi connectivity index (χ4n) is 3.43. The largest absolute Gasteiger partial charge is 0.483 e. The summed E-state index contributed by atoms with van der Waals surface area (Å²) >= 11 is 6.16. The quantitative estimate of drug-likeness (QED) is 0.458. The van der Waals surface area contributed by atoms with E-state index in [1.807, 2.05) is 30.3 Å². The van der Waals surface area contributed by atoms with Crippen LogP contribution >= 0.6 is 11.6 Å². The highest BCUT2D eigenvalue weighted by atomic mass is 35.5. The molecule has 0 N–H and O–H groups in total. The average Bonchev–Trinajstić information content (AvgIpc) is 3.09. The number of methoxy groups -OCH3 is 1. The zero-order valence-electron chi connectivity index (χ0n) is 14.4. The molecule has 2 unspecified atom stereocenters. The summed E-state index contributed by atoms with van der Waals surface area (Å²) < 4.78 is 16.4. The molecular formula is C21H15ClO5. The van der Waals surface area contributed by atoms with Crippen LogP contribution in [-0.2, 0) is 19.1 Å². The van der Waals surface area contributed by atoms with Crippen LogP contribution in [0.4, 0.5) is 0 Å². The fourth-order valence-corrected chi connectivity index (χ4v) is 3.61. The van der Waals surface area contributed by atoms with Crippen LogP contribution in [0.15, 0.2) is 66.3 Å². The molecule has 0 radical (unpaired) electrons. The molecule has 5 nitrogen and oxygen atoms in total. The van der Waals surface area contributed by atoms with Crippen molar-refractivity contribution in [3.63, 3.8) is 0 Å². The van der Waals surface area contributed by atoms with Gasteiger partial charge in [-0.2, -0.15) is 0 Å². The van der Waals surface area contributed by atoms with Crippen molar-refractivity contribution in [3.8, 4) is 5.75 Å². The van der Waals surface area contributed by atoms with E-state index >= 15 is 0 Å². The molecule has 2 atom stereocenters. The van der Waals surface area contributed by atoms with Crippen molar-refractivity contribution < 1.29 is 23.8 Å². The van der Waals surface area contributed by atoms with Gasteiger partial charge in [-0.15, -0.1) is 0 Å². The van der Waals surface area contributed by atoms with Crippen LogP contribution in [0.1, 0.15) is 17.0 Å². The predicted octanol–water partition coefficient (Wildman–Crippen LogP) is 3.88. The Kier molecular flexibility index (Phi) is 4.24. The summed E-state index contributed by atoms with van der Waals surface area (Å²) in [5.74, 6) is -0.934. The lowest BCUT2D eigenvalue weighted by Crippen LogP contribution is -2.30. The first-order valence-electron chi connectivity index (χ1n) is 8.26. The van der Waals surface area contributed by atoms with Crippen molar-refractivity contribution in [2.24, 2.45) is 0 Å². The van der Waals surface area contributed by atoms with Gasteiger partial charge >= 0.3 is 11.9 Å². The number of ether oxygens (including phenoxy) is 3. The van der Waals surface area contributed by atoms with Crippen molar-refractivity contribution >= 4 is 29.3 Å². The second-order valence-electron chi connectivity index (χ2n) is 6.21. The Bertz CT molecular complexity index is 993. The summed E-state index contributed by atoms with van der Waals surface area (Å²) in [4.78, 5) is 24.9. The molecule has 0 aliphatic carbocycles. The number of rotatable bonds is 3. The topological polar surface area (TPSA) is 61.8 Å². The molecule has 2 aromatic rings. The van der Waals surface area contributed by atoms with Crippen LogP contribution in [0.5, 0.6) is 5.75 Å². The molecule has 136 valence electrons. The Labute approximate surface area is 160 Å². The average molecular weight is 383 g/mol. The maximum atomic E-state index is 12.8. The van der Waals surface area contributed by atoms with Crippen LogP contribution in [0.25, 0.3) is 5.76 Å². The first kappa shape index (κ1) is 17.4. The van der Waals surface area contributed by atoms with Crippen LogP contribution in [0.3, 0.4) is 0 Å². The number of esters is 2. The van der Waals surface area contributed by atoms with Gasteiger partial charge in [0, 0.05) is 16.1 Å². The van der Waals surface area contributed by atoms with Gasteiger partial charge in [-0.05, 0) is 18.2 Å². The molecule has 2 aromatic carbocycles. The van der Waals surface area contributed by atoms with Crippen molar-refractivity contribution in [2.45, 2.75) is 12.0 Å². The van der Waals surface area contributed by atoms with Crippen LogP contribution in [0, 0.1) is 0 Å². The third-order valence-electron chi connectivity index (χ3n) is 4.66. The third kappa shape index (κ3) is 2.80. The third-order valence-corrected chi connectivity index (χ3v) is 4.89. The molecule has 0 saturated heterocycles. The lowest BCUT2D eigenvalue weighted by molar-refractivity contribution is -0.137. The number of carbonyl (C=O) groups is 2. The van der Waals surface area contributed by atoms with Gasteiger partial charge in [-0.3, -0.25) is 0 Å². The number of halogens is 1. The number of carbonyl (C=O) groups excluding carboxylic acids is 2. The molecule has 2 heterocycles. The molecule has 0 saturated carbocycles. The van der Waals surface area contributed by atoms with E-state index < -0.39 is 24.0 Å². The second kappa shape index (κ2) is 6.59. The maximum Gasteiger partial charge on any atom is 0.344 e. The minimum Gasteiger partial charge on any atom is -0.483 e. The summed E-state index contributed by atoms with van der Waals surface area (Å²) in [5, 5.41) is 0.488. The van der Waals surface area contributed by atoms with E-state index in [0.29, 0.717) is 33.2 Å². The molecule has 2 aliphatic rings. The predicted molar refractivity (Wildman–Crippen MR) is 99.2 cm³/mol. The second-order valence-corrected chi connectivity index (χ2v) is 6.65. The van der Waals surface area contributed by atoms with E-state index in [9.17, 15) is 9.59 Å². The van der Waals surface area contributed by atoms with Gasteiger partial charge in [0.2, 0.25) is 0 Å². The van der Waals surface area contributed by atoms with Crippen molar-refractivity contribution in [1.82, 2.24) is 0 Å². The van der Waals surface area contributed by atoms with Crippen molar-refractivity contribution in [2.75, 3.05) is 7.11 Å². The summed E-state index contributed by atoms with van der Waals surface area (Å²) in [6, 6.07) is 14.2. The van der Waals surface area contributed by atoms with Crippen LogP contribution < -0.4 is 4.74 Å². The molecule has 0 bridgehead atoms. The zero-order chi connectivity index (χ0) is 19.1. The van der Waals surface area contributed by atoms with Crippen LogP contribution in [-0.4, -0.2) is 25.2 Å². The van der Waals surface area contributed by atoms with Gasteiger partial charge in [0.15, 0.2) is 0 Å². The molecule has 0 fully saturated rings. The van der Waals surface area contributed by atoms with E-state index in [1.54, 1.807) is 18.2 Å². The summed E-state index contributed by atoms with van der Waals surface area (Å²) in [5.41, 5.74) is 1.83. The molecular weight excluding hydrogens is 368 g/mol. The zero-order valence-corrected chi connectivity index (χ0v) is 15.2.